The van der Waals surface area contributed by atoms with Gasteiger partial charge in [-0.25, -0.2) is 17.9 Å². The number of aliphatic hydroxyl groups is 1. The number of hydrogen-bond acceptors (Lipinski definition) is 5. The quantitative estimate of drug-likeness (QED) is 0.587. The van der Waals surface area contributed by atoms with Gasteiger partial charge in [-0.3, -0.25) is 4.98 Å². The first-order chi connectivity index (χ1) is 8.91. The lowest BCUT2D eigenvalue weighted by atomic mass is 10.2. The molecular formula is C11H16N2O5S. The zero-order valence-electron chi connectivity index (χ0n) is 10.2. The van der Waals surface area contributed by atoms with Gasteiger partial charge in [-0.05, 0) is 30.5 Å². The first kappa shape index (κ1) is 15.5. The number of rotatable bonds is 8. The molecule has 19 heavy (non-hydrogen) atoms. The van der Waals surface area contributed by atoms with Gasteiger partial charge in [-0.15, -0.1) is 0 Å². The average Bonchev–Trinajstić information content (AvgIpc) is 2.37. The predicted molar refractivity (Wildman–Crippen MR) is 68.0 cm³/mol. The fraction of sp³-hybridized carbons (Fsp3) is 0.455. The Balaban J connectivity index is 2.34. The Bertz CT molecular complexity index is 503. The molecule has 1 heterocycles. The molecule has 7 nitrogen and oxygen atoms in total. The molecule has 0 unspecified atom stereocenters. The molecule has 0 aliphatic rings. The van der Waals surface area contributed by atoms with E-state index in [2.05, 4.69) is 9.71 Å². The van der Waals surface area contributed by atoms with Crippen molar-refractivity contribution in [2.45, 2.75) is 18.9 Å². The number of aliphatic carboxylic acids is 1. The standard InChI is InChI=1S/C11H16N2O5S/c14-10(11(15)16)3-7-13-19(17,18)8-4-9-1-5-12-6-2-9/h1-2,5-6,10,13-14H,3-4,7-8H2,(H,15,16)/t10-/m0/s1. The van der Waals surface area contributed by atoms with E-state index in [9.17, 15) is 13.2 Å². The highest BCUT2D eigenvalue weighted by molar-refractivity contribution is 7.89. The third-order valence-electron chi connectivity index (χ3n) is 2.43. The predicted octanol–water partition coefficient (Wildman–Crippen LogP) is -0.621. The van der Waals surface area contributed by atoms with Gasteiger partial charge >= 0.3 is 5.97 Å². The van der Waals surface area contributed by atoms with Crippen LogP contribution in [0.4, 0.5) is 0 Å². The van der Waals surface area contributed by atoms with E-state index in [1.807, 2.05) is 0 Å². The molecule has 0 amide bonds. The lowest BCUT2D eigenvalue weighted by Crippen LogP contribution is -2.32. The largest absolute Gasteiger partial charge is 0.479 e. The molecule has 0 aliphatic carbocycles. The number of aromatic nitrogens is 1. The zero-order valence-corrected chi connectivity index (χ0v) is 11.0. The molecule has 0 spiro atoms. The summed E-state index contributed by atoms with van der Waals surface area (Å²) in [6.45, 7) is -0.105. The Morgan fingerprint density at radius 1 is 1.37 bits per heavy atom. The molecule has 1 aromatic rings. The van der Waals surface area contributed by atoms with Gasteiger partial charge in [-0.1, -0.05) is 0 Å². The van der Waals surface area contributed by atoms with Crippen LogP contribution in [0.1, 0.15) is 12.0 Å². The smallest absolute Gasteiger partial charge is 0.332 e. The minimum Gasteiger partial charge on any atom is -0.479 e. The Morgan fingerprint density at radius 3 is 2.58 bits per heavy atom. The molecule has 0 radical (unpaired) electrons. The Hall–Kier alpha value is -1.51. The molecule has 1 rings (SSSR count). The molecule has 0 fully saturated rings. The van der Waals surface area contributed by atoms with Crippen molar-refractivity contribution in [3.8, 4) is 0 Å². The number of pyridine rings is 1. The number of carbonyl (C=O) groups is 1. The lowest BCUT2D eigenvalue weighted by molar-refractivity contribution is -0.146. The molecule has 106 valence electrons. The van der Waals surface area contributed by atoms with Crippen LogP contribution in [0.25, 0.3) is 0 Å². The molecule has 3 N–H and O–H groups in total. The first-order valence-electron chi connectivity index (χ1n) is 5.68. The van der Waals surface area contributed by atoms with Crippen LogP contribution in [-0.2, 0) is 21.2 Å². The maximum absolute atomic E-state index is 11.6. The van der Waals surface area contributed by atoms with Crippen LogP contribution in [0.15, 0.2) is 24.5 Å². The second kappa shape index (κ2) is 7.17. The van der Waals surface area contributed by atoms with Crippen LogP contribution in [0.5, 0.6) is 0 Å². The van der Waals surface area contributed by atoms with Crippen LogP contribution in [0.2, 0.25) is 0 Å². The SMILES string of the molecule is O=C(O)[C@@H](O)CCNS(=O)(=O)CCc1ccncc1. The topological polar surface area (TPSA) is 117 Å². The highest BCUT2D eigenvalue weighted by Crippen LogP contribution is 2.00. The van der Waals surface area contributed by atoms with Gasteiger partial charge in [0.05, 0.1) is 5.75 Å². The van der Waals surface area contributed by atoms with E-state index >= 15 is 0 Å². The van der Waals surface area contributed by atoms with Crippen molar-refractivity contribution in [2.24, 2.45) is 0 Å². The van der Waals surface area contributed by atoms with Gasteiger partial charge in [0, 0.05) is 18.9 Å². The van der Waals surface area contributed by atoms with E-state index < -0.39 is 22.1 Å². The summed E-state index contributed by atoms with van der Waals surface area (Å²) in [5.74, 6) is -1.46. The minimum absolute atomic E-state index is 0.0970. The second-order valence-electron chi connectivity index (χ2n) is 3.96. The van der Waals surface area contributed by atoms with Crippen molar-refractivity contribution in [2.75, 3.05) is 12.3 Å². The van der Waals surface area contributed by atoms with Crippen molar-refractivity contribution < 1.29 is 23.4 Å². The molecule has 0 saturated heterocycles. The average molecular weight is 288 g/mol. The first-order valence-corrected chi connectivity index (χ1v) is 7.33. The molecule has 1 aromatic heterocycles. The number of carboxylic acid groups (broad SMARTS) is 1. The molecule has 1 atom stereocenters. The van der Waals surface area contributed by atoms with E-state index in [0.717, 1.165) is 5.56 Å². The van der Waals surface area contributed by atoms with Crippen molar-refractivity contribution >= 4 is 16.0 Å². The number of carboxylic acids is 1. The number of hydrogen-bond donors (Lipinski definition) is 3. The molecule has 0 saturated carbocycles. The highest BCUT2D eigenvalue weighted by atomic mass is 32.2. The highest BCUT2D eigenvalue weighted by Gasteiger charge is 2.15. The summed E-state index contributed by atoms with van der Waals surface area (Å²) in [6.07, 6.45) is 1.79. The summed E-state index contributed by atoms with van der Waals surface area (Å²) in [7, 11) is -3.48. The summed E-state index contributed by atoms with van der Waals surface area (Å²) in [5.41, 5.74) is 0.853. The van der Waals surface area contributed by atoms with E-state index in [1.54, 1.807) is 24.5 Å². The van der Waals surface area contributed by atoms with Crippen LogP contribution in [0.3, 0.4) is 0 Å². The number of nitrogens with zero attached hydrogens (tertiary/aromatic N) is 1. The van der Waals surface area contributed by atoms with E-state index in [-0.39, 0.29) is 18.7 Å². The molecule has 0 bridgehead atoms. The van der Waals surface area contributed by atoms with Crippen LogP contribution in [-0.4, -0.2) is 48.0 Å². The van der Waals surface area contributed by atoms with E-state index in [0.29, 0.717) is 6.42 Å². The number of nitrogens with one attached hydrogen (secondary N) is 1. The molecule has 8 heteroatoms. The van der Waals surface area contributed by atoms with Crippen LogP contribution < -0.4 is 4.72 Å². The molecule has 0 aromatic carbocycles. The van der Waals surface area contributed by atoms with Crippen molar-refractivity contribution in [3.05, 3.63) is 30.1 Å². The maximum atomic E-state index is 11.6. The number of aryl methyl sites for hydroxylation is 1. The minimum atomic E-state index is -3.48. The van der Waals surface area contributed by atoms with Gasteiger partial charge < -0.3 is 10.2 Å². The third kappa shape index (κ3) is 6.27. The van der Waals surface area contributed by atoms with Crippen molar-refractivity contribution in [3.63, 3.8) is 0 Å². The van der Waals surface area contributed by atoms with Crippen molar-refractivity contribution in [1.29, 1.82) is 0 Å². The Morgan fingerprint density at radius 2 is 2.00 bits per heavy atom. The van der Waals surface area contributed by atoms with Gasteiger partial charge in [0.2, 0.25) is 10.0 Å². The summed E-state index contributed by atoms with van der Waals surface area (Å²) in [6, 6.07) is 3.45. The summed E-state index contributed by atoms with van der Waals surface area (Å²) in [4.78, 5) is 14.2. The fourth-order valence-electron chi connectivity index (χ4n) is 1.35. The maximum Gasteiger partial charge on any atom is 0.332 e. The second-order valence-corrected chi connectivity index (χ2v) is 5.89. The zero-order chi connectivity index (χ0) is 14.3. The van der Waals surface area contributed by atoms with Crippen LogP contribution >= 0.6 is 0 Å². The number of sulfonamides is 1. The molecule has 0 aliphatic heterocycles. The summed E-state index contributed by atoms with van der Waals surface area (Å²) < 4.78 is 25.4. The van der Waals surface area contributed by atoms with Gasteiger partial charge in [0.15, 0.2) is 6.10 Å². The van der Waals surface area contributed by atoms with E-state index in [1.165, 1.54) is 0 Å². The Kier molecular flexibility index (Phi) is 5.87. The summed E-state index contributed by atoms with van der Waals surface area (Å²) in [5, 5.41) is 17.4. The third-order valence-corrected chi connectivity index (χ3v) is 3.82. The lowest BCUT2D eigenvalue weighted by Gasteiger charge is -2.08. The van der Waals surface area contributed by atoms with Gasteiger partial charge in [0.25, 0.3) is 0 Å². The normalized spacial score (nSPS) is 13.1. The monoisotopic (exact) mass is 288 g/mol. The number of aliphatic hydroxyl groups excluding tert-OH is 1. The van der Waals surface area contributed by atoms with E-state index in [4.69, 9.17) is 10.2 Å². The van der Waals surface area contributed by atoms with Gasteiger partial charge in [0.1, 0.15) is 0 Å². The van der Waals surface area contributed by atoms with Crippen LogP contribution in [0, 0.1) is 0 Å². The van der Waals surface area contributed by atoms with Crippen molar-refractivity contribution in [1.82, 2.24) is 9.71 Å². The fourth-order valence-corrected chi connectivity index (χ4v) is 2.43. The molecular weight excluding hydrogens is 272 g/mol. The summed E-state index contributed by atoms with van der Waals surface area (Å²) >= 11 is 0. The Labute approximate surface area is 111 Å². The van der Waals surface area contributed by atoms with Gasteiger partial charge in [-0.2, -0.15) is 0 Å².